The molecule has 0 N–H and O–H groups in total. The molecule has 10 heteroatoms. The van der Waals surface area contributed by atoms with Crippen molar-refractivity contribution >= 4 is 17.7 Å². The lowest BCUT2D eigenvalue weighted by molar-refractivity contribution is -0.384. The Hall–Kier alpha value is -4.21. The number of nitro groups is 1. The Morgan fingerprint density at radius 3 is 2.57 bits per heavy atom. The topological polar surface area (TPSA) is 127 Å². The van der Waals surface area contributed by atoms with Crippen LogP contribution in [0.4, 0.5) is 5.69 Å². The van der Waals surface area contributed by atoms with Crippen LogP contribution in [0.15, 0.2) is 53.0 Å². The molecular formula is C20H17N3O7. The number of carbonyl (C=O) groups excluding carboxylic acids is 1. The normalized spacial score (nSPS) is 10.7. The molecule has 0 radical (unpaired) electrons. The van der Waals surface area contributed by atoms with E-state index in [1.807, 2.05) is 0 Å². The Labute approximate surface area is 170 Å². The predicted molar refractivity (Wildman–Crippen MR) is 105 cm³/mol. The summed E-state index contributed by atoms with van der Waals surface area (Å²) >= 11 is 0. The second kappa shape index (κ2) is 9.32. The van der Waals surface area contributed by atoms with Gasteiger partial charge in [-0.3, -0.25) is 10.1 Å². The fourth-order valence-corrected chi connectivity index (χ4v) is 2.54. The summed E-state index contributed by atoms with van der Waals surface area (Å²) < 4.78 is 21.0. The Balaban J connectivity index is 1.61. The van der Waals surface area contributed by atoms with E-state index in [0.29, 0.717) is 22.6 Å². The first-order valence-electron chi connectivity index (χ1n) is 8.65. The minimum atomic E-state index is -0.616. The molecule has 0 aliphatic carbocycles. The second-order valence-electron chi connectivity index (χ2n) is 5.83. The third kappa shape index (κ3) is 4.79. The highest BCUT2D eigenvalue weighted by Crippen LogP contribution is 2.31. The zero-order valence-electron chi connectivity index (χ0n) is 16.1. The first kappa shape index (κ1) is 20.5. The molecular weight excluding hydrogens is 394 g/mol. The summed E-state index contributed by atoms with van der Waals surface area (Å²) in [5.74, 6) is 0.665. The molecule has 0 spiro atoms. The number of nitro benzene ring substituents is 1. The number of hydrogen-bond donors (Lipinski definition) is 0. The largest absolute Gasteiger partial charge is 0.493 e. The Kier molecular flexibility index (Phi) is 6.38. The standard InChI is InChI=1S/C20H17N3O7/c1-27-16-5-3-4-13(19(16)28-2)8-11-18(24)29-12-17-21-22-20(30-17)14-6-9-15(10-7-14)23(25)26/h3-11H,12H2,1-2H3/b11-8+. The molecule has 154 valence electrons. The van der Waals surface area contributed by atoms with E-state index < -0.39 is 10.9 Å². The molecule has 0 saturated heterocycles. The van der Waals surface area contributed by atoms with Crippen LogP contribution in [0.25, 0.3) is 17.5 Å². The molecule has 2 aromatic carbocycles. The van der Waals surface area contributed by atoms with Gasteiger partial charge in [-0.25, -0.2) is 4.79 Å². The summed E-state index contributed by atoms with van der Waals surface area (Å²) in [6.07, 6.45) is 2.78. The van der Waals surface area contributed by atoms with E-state index >= 15 is 0 Å². The molecule has 3 aromatic rings. The van der Waals surface area contributed by atoms with Crippen LogP contribution in [0.3, 0.4) is 0 Å². The molecule has 30 heavy (non-hydrogen) atoms. The highest BCUT2D eigenvalue weighted by Gasteiger charge is 2.12. The number of benzene rings is 2. The minimum Gasteiger partial charge on any atom is -0.493 e. The number of aromatic nitrogens is 2. The van der Waals surface area contributed by atoms with Gasteiger partial charge in [-0.15, -0.1) is 10.2 Å². The van der Waals surface area contributed by atoms with Crippen molar-refractivity contribution in [2.45, 2.75) is 6.61 Å². The molecule has 3 rings (SSSR count). The number of ether oxygens (including phenoxy) is 3. The molecule has 0 aliphatic rings. The van der Waals surface area contributed by atoms with Crippen molar-refractivity contribution in [2.75, 3.05) is 14.2 Å². The monoisotopic (exact) mass is 411 g/mol. The number of non-ortho nitro benzene ring substituents is 1. The van der Waals surface area contributed by atoms with Gasteiger partial charge in [0.1, 0.15) is 0 Å². The van der Waals surface area contributed by atoms with Gasteiger partial charge < -0.3 is 18.6 Å². The van der Waals surface area contributed by atoms with Crippen LogP contribution < -0.4 is 9.47 Å². The van der Waals surface area contributed by atoms with Crippen LogP contribution in [-0.2, 0) is 16.1 Å². The molecule has 0 unspecified atom stereocenters. The lowest BCUT2D eigenvalue weighted by Crippen LogP contribution is -2.01. The minimum absolute atomic E-state index is 0.0492. The zero-order valence-corrected chi connectivity index (χ0v) is 16.1. The number of methoxy groups -OCH3 is 2. The molecule has 1 heterocycles. The average Bonchev–Trinajstić information content (AvgIpc) is 3.25. The first-order chi connectivity index (χ1) is 14.5. The maximum absolute atomic E-state index is 12.0. The summed E-state index contributed by atoms with van der Waals surface area (Å²) in [4.78, 5) is 22.2. The van der Waals surface area contributed by atoms with Crippen molar-refractivity contribution < 1.29 is 28.3 Å². The van der Waals surface area contributed by atoms with Crippen molar-refractivity contribution in [3.05, 3.63) is 70.1 Å². The van der Waals surface area contributed by atoms with Gasteiger partial charge in [0.05, 0.1) is 19.1 Å². The summed E-state index contributed by atoms with van der Waals surface area (Å²) in [5.41, 5.74) is 1.11. The van der Waals surface area contributed by atoms with Gasteiger partial charge in [0, 0.05) is 29.3 Å². The summed E-state index contributed by atoms with van der Waals surface area (Å²) in [5, 5.41) is 18.4. The molecule has 10 nitrogen and oxygen atoms in total. The third-order valence-electron chi connectivity index (χ3n) is 3.96. The number of carbonyl (C=O) groups is 1. The Bertz CT molecular complexity index is 1070. The van der Waals surface area contributed by atoms with Crippen LogP contribution >= 0.6 is 0 Å². The number of esters is 1. The molecule has 0 aliphatic heterocycles. The number of nitrogens with zero attached hydrogens (tertiary/aromatic N) is 3. The third-order valence-corrected chi connectivity index (χ3v) is 3.96. The fourth-order valence-electron chi connectivity index (χ4n) is 2.54. The van der Waals surface area contributed by atoms with E-state index in [1.165, 1.54) is 44.6 Å². The number of para-hydroxylation sites is 1. The highest BCUT2D eigenvalue weighted by atomic mass is 16.6. The van der Waals surface area contributed by atoms with Crippen LogP contribution in [0, 0.1) is 10.1 Å². The zero-order chi connectivity index (χ0) is 21.5. The smallest absolute Gasteiger partial charge is 0.331 e. The van der Waals surface area contributed by atoms with Gasteiger partial charge in [-0.05, 0) is 24.3 Å². The fraction of sp³-hybridized carbons (Fsp3) is 0.150. The van der Waals surface area contributed by atoms with E-state index in [0.717, 1.165) is 0 Å². The van der Waals surface area contributed by atoms with Crippen LogP contribution in [-0.4, -0.2) is 35.3 Å². The van der Waals surface area contributed by atoms with Crippen molar-refractivity contribution in [3.8, 4) is 23.0 Å². The number of hydrogen-bond acceptors (Lipinski definition) is 9. The Morgan fingerprint density at radius 2 is 1.90 bits per heavy atom. The van der Waals surface area contributed by atoms with E-state index in [9.17, 15) is 14.9 Å². The maximum Gasteiger partial charge on any atom is 0.331 e. The van der Waals surface area contributed by atoms with E-state index in [4.69, 9.17) is 18.6 Å². The van der Waals surface area contributed by atoms with E-state index in [-0.39, 0.29) is 24.1 Å². The maximum atomic E-state index is 12.0. The van der Waals surface area contributed by atoms with Crippen molar-refractivity contribution in [1.82, 2.24) is 10.2 Å². The molecule has 0 fully saturated rings. The Morgan fingerprint density at radius 1 is 1.13 bits per heavy atom. The summed E-state index contributed by atoms with van der Waals surface area (Å²) in [6, 6.07) is 10.9. The second-order valence-corrected chi connectivity index (χ2v) is 5.83. The van der Waals surface area contributed by atoms with Gasteiger partial charge in [-0.2, -0.15) is 0 Å². The highest BCUT2D eigenvalue weighted by molar-refractivity contribution is 5.87. The van der Waals surface area contributed by atoms with Gasteiger partial charge >= 0.3 is 5.97 Å². The first-order valence-corrected chi connectivity index (χ1v) is 8.65. The predicted octanol–water partition coefficient (Wildman–Crippen LogP) is 3.42. The van der Waals surface area contributed by atoms with Crippen molar-refractivity contribution in [2.24, 2.45) is 0 Å². The average molecular weight is 411 g/mol. The van der Waals surface area contributed by atoms with E-state index in [1.54, 1.807) is 24.3 Å². The summed E-state index contributed by atoms with van der Waals surface area (Å²) in [6.45, 7) is -0.224. The van der Waals surface area contributed by atoms with Crippen molar-refractivity contribution in [1.29, 1.82) is 0 Å². The SMILES string of the molecule is COc1cccc(/C=C/C(=O)OCc2nnc(-c3ccc([N+](=O)[O-])cc3)o2)c1OC. The lowest BCUT2D eigenvalue weighted by atomic mass is 10.1. The van der Waals surface area contributed by atoms with Gasteiger partial charge in [0.25, 0.3) is 11.6 Å². The molecule has 0 saturated carbocycles. The number of rotatable bonds is 8. The van der Waals surface area contributed by atoms with Crippen LogP contribution in [0.1, 0.15) is 11.5 Å². The molecule has 0 atom stereocenters. The molecule has 1 aromatic heterocycles. The lowest BCUT2D eigenvalue weighted by Gasteiger charge is -2.09. The van der Waals surface area contributed by atoms with Gasteiger partial charge in [0.2, 0.25) is 5.89 Å². The van der Waals surface area contributed by atoms with Crippen molar-refractivity contribution in [3.63, 3.8) is 0 Å². The quantitative estimate of drug-likeness (QED) is 0.237. The van der Waals surface area contributed by atoms with E-state index in [2.05, 4.69) is 10.2 Å². The molecule has 0 amide bonds. The van der Waals surface area contributed by atoms with Gasteiger partial charge in [-0.1, -0.05) is 12.1 Å². The summed E-state index contributed by atoms with van der Waals surface area (Å²) in [7, 11) is 3.03. The van der Waals surface area contributed by atoms with Crippen LogP contribution in [0.2, 0.25) is 0 Å². The molecule has 0 bridgehead atoms. The van der Waals surface area contributed by atoms with Crippen LogP contribution in [0.5, 0.6) is 11.5 Å². The van der Waals surface area contributed by atoms with Gasteiger partial charge in [0.15, 0.2) is 18.1 Å².